The molecular weight excluding hydrogens is 865 g/mol. The molecule has 0 spiro atoms. The van der Waals surface area contributed by atoms with E-state index in [0.29, 0.717) is 10.9 Å². The maximum Gasteiger partial charge on any atom is 2.00 e. The molecule has 4 saturated heterocycles. The van der Waals surface area contributed by atoms with Crippen molar-refractivity contribution in [2.24, 2.45) is 35.5 Å². The third-order valence-corrected chi connectivity index (χ3v) is 12.5. The summed E-state index contributed by atoms with van der Waals surface area (Å²) in [6.45, 7) is 2.00. The number of amides is 4. The van der Waals surface area contributed by atoms with Crippen LogP contribution < -0.4 is 32.9 Å². The Hall–Kier alpha value is -2.22. The van der Waals surface area contributed by atoms with E-state index in [0.717, 1.165) is 80.2 Å². The number of carbonyl (C=O) groups excluding carboxylic acids is 4. The molecule has 4 amide bonds. The first-order valence-electron chi connectivity index (χ1n) is 19.5. The molecule has 3 aliphatic carbocycles. The standard InChI is InChI=1S/C13H14ClNO2.C13H14ClNO.C7H9NO2.C6H4Cl.C4H8O.BrH.Mg/c14-9-6-4-8(5-7-9)13(17)11-3-1-2-10(11)12(16)15-13;14-9-6-4-8(5-7-9)12-10-2-1-3-11(10)13(16)15-12;9-6-4-2-1-3-5(4)7(10)8-6;7-6-4-2-1-3-5-6;1-2-4-5-3-1;;/h4-7,10-11,17H,1-3H2,(H,15,16);4-7,10-12H,1-3H2,(H,15,16);4-5H,1-3H2,(H,8,9,10);2-5H;1-4H2;1H;/q;;;-1;;;+2/p-1. The molecule has 9 nitrogen and oxygen atoms in total. The summed E-state index contributed by atoms with van der Waals surface area (Å²) < 4.78 is 4.94. The van der Waals surface area contributed by atoms with E-state index < -0.39 is 5.72 Å². The van der Waals surface area contributed by atoms with Gasteiger partial charge >= 0.3 is 23.1 Å². The van der Waals surface area contributed by atoms with Gasteiger partial charge < -0.3 is 37.5 Å². The van der Waals surface area contributed by atoms with Crippen LogP contribution in [-0.4, -0.2) is 65.0 Å². The molecule has 4 heterocycles. The number of nitrogens with one attached hydrogen (secondary N) is 3. The number of ether oxygens (including phenoxy) is 1. The number of halogens is 4. The van der Waals surface area contributed by atoms with Crippen molar-refractivity contribution in [2.45, 2.75) is 82.4 Å². The fourth-order valence-corrected chi connectivity index (χ4v) is 9.37. The van der Waals surface area contributed by atoms with Gasteiger partial charge in [0.1, 0.15) is 0 Å². The van der Waals surface area contributed by atoms with Crippen LogP contribution in [0.25, 0.3) is 0 Å². The summed E-state index contributed by atoms with van der Waals surface area (Å²) in [6.07, 6.45) is 11.6. The molecule has 8 atom stereocenters. The molecule has 10 rings (SSSR count). The van der Waals surface area contributed by atoms with E-state index in [4.69, 9.17) is 39.5 Å². The monoisotopic (exact) mass is 911 g/mol. The molecule has 0 aromatic heterocycles. The van der Waals surface area contributed by atoms with Crippen LogP contribution in [0.3, 0.4) is 0 Å². The Morgan fingerprint density at radius 1 is 0.614 bits per heavy atom. The zero-order valence-corrected chi connectivity index (χ0v) is 37.1. The largest absolute Gasteiger partial charge is 2.00 e. The number of carbonyl (C=O) groups is 4. The molecule has 7 aliphatic rings. The average Bonchev–Trinajstić information content (AvgIpc) is 4.04. The quantitative estimate of drug-likeness (QED) is 0.169. The Morgan fingerprint density at radius 2 is 1.12 bits per heavy atom. The van der Waals surface area contributed by atoms with Crippen molar-refractivity contribution >= 4 is 81.5 Å². The van der Waals surface area contributed by atoms with Crippen LogP contribution >= 0.6 is 34.8 Å². The van der Waals surface area contributed by atoms with Gasteiger partial charge in [-0.05, 0) is 87.1 Å². The number of rotatable bonds is 2. The summed E-state index contributed by atoms with van der Waals surface area (Å²) in [6, 6.07) is 25.1. The van der Waals surface area contributed by atoms with Crippen molar-refractivity contribution < 1.29 is 46.0 Å². The van der Waals surface area contributed by atoms with Gasteiger partial charge in [0, 0.05) is 58.4 Å². The third kappa shape index (κ3) is 12.0. The fraction of sp³-hybridized carbons (Fsp3) is 0.488. The predicted octanol–water partition coefficient (Wildman–Crippen LogP) is 4.58. The maximum atomic E-state index is 11.8. The predicted molar refractivity (Wildman–Crippen MR) is 218 cm³/mol. The number of aliphatic hydroxyl groups is 1. The number of imide groups is 1. The first kappa shape index (κ1) is 47.5. The first-order chi connectivity index (χ1) is 26.5. The van der Waals surface area contributed by atoms with E-state index in [2.05, 4.69) is 22.0 Å². The average molecular weight is 914 g/mol. The molecule has 57 heavy (non-hydrogen) atoms. The Bertz CT molecular complexity index is 1760. The van der Waals surface area contributed by atoms with Gasteiger partial charge in [-0.25, -0.2) is 0 Å². The molecule has 302 valence electrons. The smallest absolute Gasteiger partial charge is 1.00 e. The minimum absolute atomic E-state index is 0. The van der Waals surface area contributed by atoms with Crippen molar-refractivity contribution in [3.8, 4) is 0 Å². The van der Waals surface area contributed by atoms with Crippen LogP contribution in [0, 0.1) is 41.6 Å². The van der Waals surface area contributed by atoms with E-state index in [-0.39, 0.29) is 99.3 Å². The van der Waals surface area contributed by atoms with Crippen molar-refractivity contribution in [3.63, 3.8) is 0 Å². The van der Waals surface area contributed by atoms with Gasteiger partial charge in [-0.2, -0.15) is 30.3 Å². The molecule has 3 saturated carbocycles. The summed E-state index contributed by atoms with van der Waals surface area (Å²) in [5, 5.41) is 21.0. The van der Waals surface area contributed by atoms with Crippen molar-refractivity contribution in [1.82, 2.24) is 16.0 Å². The zero-order chi connectivity index (χ0) is 39.0. The van der Waals surface area contributed by atoms with Gasteiger partial charge in [-0.1, -0.05) is 71.8 Å². The summed E-state index contributed by atoms with van der Waals surface area (Å²) in [7, 11) is 0. The van der Waals surface area contributed by atoms with Crippen LogP contribution in [0.4, 0.5) is 0 Å². The van der Waals surface area contributed by atoms with E-state index in [1.165, 1.54) is 24.8 Å². The Kier molecular flexibility index (Phi) is 18.6. The third-order valence-electron chi connectivity index (χ3n) is 11.8. The van der Waals surface area contributed by atoms with Crippen molar-refractivity contribution in [3.05, 3.63) is 105 Å². The second-order valence-corrected chi connectivity index (χ2v) is 16.5. The number of hydrogen-bond donors (Lipinski definition) is 4. The SMILES string of the molecule is C1CCOC1.Clc1cc[c-]cc1.O=C1NC(=O)C2CCCC12.O=C1NC(O)(c2ccc(Cl)cc2)C2CCCC12.O=C1NC(c2ccc(Cl)cc2)C2CCCC12.[Br-].[Mg+2]. The van der Waals surface area contributed by atoms with Gasteiger partial charge in [0.25, 0.3) is 0 Å². The number of hydrogen-bond acceptors (Lipinski definition) is 6. The van der Waals surface area contributed by atoms with E-state index in [9.17, 15) is 24.3 Å². The summed E-state index contributed by atoms with van der Waals surface area (Å²) in [4.78, 5) is 45.5. The molecule has 14 heteroatoms. The van der Waals surface area contributed by atoms with Crippen LogP contribution in [-0.2, 0) is 29.6 Å². The number of benzene rings is 3. The molecule has 4 aliphatic heterocycles. The van der Waals surface area contributed by atoms with E-state index in [1.807, 2.05) is 24.3 Å². The van der Waals surface area contributed by atoms with Gasteiger partial charge in [0.05, 0.1) is 6.04 Å². The normalized spacial score (nSPS) is 29.6. The minimum Gasteiger partial charge on any atom is -1.00 e. The Labute approximate surface area is 377 Å². The zero-order valence-electron chi connectivity index (χ0n) is 31.9. The Morgan fingerprint density at radius 3 is 1.67 bits per heavy atom. The van der Waals surface area contributed by atoms with Gasteiger partial charge in [-0.15, -0.1) is 11.6 Å². The van der Waals surface area contributed by atoms with Crippen molar-refractivity contribution in [1.29, 1.82) is 0 Å². The molecule has 3 aromatic carbocycles. The van der Waals surface area contributed by atoms with E-state index >= 15 is 0 Å². The van der Waals surface area contributed by atoms with E-state index in [1.54, 1.807) is 48.5 Å². The first-order valence-corrected chi connectivity index (χ1v) is 20.6. The van der Waals surface area contributed by atoms with Crippen LogP contribution in [0.1, 0.15) is 87.8 Å². The molecule has 0 bridgehead atoms. The van der Waals surface area contributed by atoms with Gasteiger partial charge in [-0.3, -0.25) is 24.5 Å². The molecular formula is C43H49BrCl3MgN3O6. The molecule has 7 fully saturated rings. The Balaban J connectivity index is 0.000000166. The molecule has 3 aromatic rings. The topological polar surface area (TPSA) is 134 Å². The molecule has 0 radical (unpaired) electrons. The minimum atomic E-state index is -1.21. The van der Waals surface area contributed by atoms with Crippen LogP contribution in [0.5, 0.6) is 0 Å². The van der Waals surface area contributed by atoms with Crippen LogP contribution in [0.15, 0.2) is 72.8 Å². The second kappa shape index (κ2) is 22.4. The van der Waals surface area contributed by atoms with Crippen LogP contribution in [0.2, 0.25) is 15.1 Å². The van der Waals surface area contributed by atoms with Gasteiger partial charge in [0.15, 0.2) is 5.72 Å². The molecule has 8 unspecified atom stereocenters. The second-order valence-electron chi connectivity index (χ2n) is 15.2. The fourth-order valence-electron chi connectivity index (χ4n) is 8.99. The number of fused-ring (bicyclic) bond motifs is 3. The summed E-state index contributed by atoms with van der Waals surface area (Å²) in [5.74, 6) is 0.869. The summed E-state index contributed by atoms with van der Waals surface area (Å²) in [5.41, 5.74) is 0.708. The van der Waals surface area contributed by atoms with Gasteiger partial charge in [0.2, 0.25) is 23.6 Å². The summed E-state index contributed by atoms with van der Waals surface area (Å²) >= 11 is 17.2. The van der Waals surface area contributed by atoms with Crippen molar-refractivity contribution in [2.75, 3.05) is 13.2 Å². The maximum absolute atomic E-state index is 11.8. The molecule has 4 N–H and O–H groups in total.